The highest BCUT2D eigenvalue weighted by atomic mass is 16.8. The van der Waals surface area contributed by atoms with Crippen LogP contribution in [0.2, 0.25) is 0 Å². The average Bonchev–Trinajstić information content (AvgIpc) is 2.86. The number of carbonyl (C=O) groups excluding carboxylic acids is 6. The number of hydrogen-bond donors (Lipinski definition) is 0. The molecule has 2 aliphatic heterocycles. The van der Waals surface area contributed by atoms with Gasteiger partial charge < -0.3 is 47.4 Å². The predicted molar refractivity (Wildman–Crippen MR) is 132 cm³/mol. The van der Waals surface area contributed by atoms with Gasteiger partial charge >= 0.3 is 35.8 Å². The van der Waals surface area contributed by atoms with Gasteiger partial charge in [0.05, 0.1) is 6.61 Å². The molecule has 0 radical (unpaired) electrons. The standard InChI is InChI=1S/C26H34O16/c1-9-17-19(35-11(2)27)21(37-13(4)29)24(40-16(7)32)26(41-17)34-10-18-20(36-12(3)28)22(38-14(5)30)23(39-15(6)31)25(33-8)42-18/h1,17-26H,10H2,2-8H3/t17-,18-,19+,20+,21+,22+,23-,24-,25+,26-/m1/s1. The average molecular weight is 603 g/mol. The van der Waals surface area contributed by atoms with Crippen molar-refractivity contribution in [2.75, 3.05) is 13.7 Å². The summed E-state index contributed by atoms with van der Waals surface area (Å²) in [4.78, 5) is 71.4. The lowest BCUT2D eigenvalue weighted by Crippen LogP contribution is -2.64. The molecule has 16 nitrogen and oxygen atoms in total. The lowest BCUT2D eigenvalue weighted by Gasteiger charge is -2.45. The van der Waals surface area contributed by atoms with Crippen LogP contribution in [0.1, 0.15) is 41.5 Å². The lowest BCUT2D eigenvalue weighted by atomic mass is 9.97. The summed E-state index contributed by atoms with van der Waals surface area (Å²) in [5.41, 5.74) is 0. The summed E-state index contributed by atoms with van der Waals surface area (Å²) in [5, 5.41) is 0. The highest BCUT2D eigenvalue weighted by Gasteiger charge is 2.55. The predicted octanol–water partition coefficient (Wildman–Crippen LogP) is -0.677. The van der Waals surface area contributed by atoms with E-state index in [9.17, 15) is 28.8 Å². The number of ether oxygens (including phenoxy) is 10. The first-order valence-corrected chi connectivity index (χ1v) is 12.6. The van der Waals surface area contributed by atoms with Crippen LogP contribution in [0.25, 0.3) is 0 Å². The summed E-state index contributed by atoms with van der Waals surface area (Å²) in [7, 11) is 1.23. The quantitative estimate of drug-likeness (QED) is 0.173. The molecule has 2 rings (SSSR count). The van der Waals surface area contributed by atoms with Crippen LogP contribution in [0.3, 0.4) is 0 Å². The van der Waals surface area contributed by atoms with Crippen LogP contribution >= 0.6 is 0 Å². The molecule has 16 heteroatoms. The number of hydrogen-bond acceptors (Lipinski definition) is 16. The minimum absolute atomic E-state index is 0.521. The number of terminal acetylenes is 1. The maximum absolute atomic E-state index is 12.0. The van der Waals surface area contributed by atoms with Crippen molar-refractivity contribution in [1.29, 1.82) is 0 Å². The molecule has 234 valence electrons. The first-order chi connectivity index (χ1) is 19.7. The van der Waals surface area contributed by atoms with Gasteiger partial charge in [-0.1, -0.05) is 5.92 Å². The topological polar surface area (TPSA) is 195 Å². The minimum Gasteiger partial charge on any atom is -0.456 e. The summed E-state index contributed by atoms with van der Waals surface area (Å²) in [6.45, 7) is 5.99. The number of esters is 6. The molecule has 10 atom stereocenters. The van der Waals surface area contributed by atoms with Gasteiger partial charge in [0.25, 0.3) is 0 Å². The second-order valence-corrected chi connectivity index (χ2v) is 9.15. The molecule has 0 amide bonds. The van der Waals surface area contributed by atoms with Gasteiger partial charge in [-0.3, -0.25) is 28.8 Å². The molecular formula is C26H34O16. The van der Waals surface area contributed by atoms with E-state index in [4.69, 9.17) is 53.8 Å². The van der Waals surface area contributed by atoms with Gasteiger partial charge in [0, 0.05) is 48.7 Å². The van der Waals surface area contributed by atoms with Crippen LogP contribution in [0.15, 0.2) is 0 Å². The van der Waals surface area contributed by atoms with Crippen molar-refractivity contribution in [3.63, 3.8) is 0 Å². The zero-order chi connectivity index (χ0) is 31.7. The fourth-order valence-electron chi connectivity index (χ4n) is 4.41. The Labute approximate surface area is 241 Å². The second-order valence-electron chi connectivity index (χ2n) is 9.15. The Hall–Kier alpha value is -3.78. The molecular weight excluding hydrogens is 568 g/mol. The summed E-state index contributed by atoms with van der Waals surface area (Å²) in [6, 6.07) is 0. The number of carbonyl (C=O) groups is 6. The summed E-state index contributed by atoms with van der Waals surface area (Å²) in [6.07, 6.45) is -8.38. The molecule has 0 N–H and O–H groups in total. The van der Waals surface area contributed by atoms with Gasteiger partial charge in [0.1, 0.15) is 6.10 Å². The highest BCUT2D eigenvalue weighted by Crippen LogP contribution is 2.32. The number of methoxy groups -OCH3 is 1. The fourth-order valence-corrected chi connectivity index (χ4v) is 4.41. The SMILES string of the molecule is C#C[C@H]1O[C@@H](OC[C@H]2O[C@H](OC)[C@H](OC(C)=O)[C@@H](OC(C)=O)[C@H]2OC(C)=O)[C@H](OC(C)=O)[C@@H](OC(C)=O)[C@H]1OC(C)=O. The van der Waals surface area contributed by atoms with Crippen molar-refractivity contribution in [1.82, 2.24) is 0 Å². The van der Waals surface area contributed by atoms with Crippen molar-refractivity contribution in [2.45, 2.75) is 103 Å². The van der Waals surface area contributed by atoms with Crippen molar-refractivity contribution in [3.8, 4) is 12.3 Å². The van der Waals surface area contributed by atoms with E-state index >= 15 is 0 Å². The zero-order valence-corrected chi connectivity index (χ0v) is 24.1. The molecule has 0 saturated carbocycles. The van der Waals surface area contributed by atoms with Crippen LogP contribution in [0, 0.1) is 12.3 Å². The van der Waals surface area contributed by atoms with E-state index in [-0.39, 0.29) is 0 Å². The van der Waals surface area contributed by atoms with E-state index in [0.717, 1.165) is 41.5 Å². The molecule has 0 aromatic rings. The third-order valence-electron chi connectivity index (χ3n) is 5.72. The Kier molecular flexibility index (Phi) is 12.7. The third kappa shape index (κ3) is 9.38. The van der Waals surface area contributed by atoms with E-state index in [1.807, 2.05) is 0 Å². The molecule has 0 aliphatic carbocycles. The van der Waals surface area contributed by atoms with Crippen LogP contribution in [-0.4, -0.2) is 111 Å². The molecule has 42 heavy (non-hydrogen) atoms. The first kappa shape index (κ1) is 34.4. The van der Waals surface area contributed by atoms with Crippen LogP contribution in [-0.2, 0) is 76.1 Å². The Morgan fingerprint density at radius 2 is 0.952 bits per heavy atom. The van der Waals surface area contributed by atoms with E-state index in [1.54, 1.807) is 0 Å². The van der Waals surface area contributed by atoms with Gasteiger partial charge in [0.15, 0.2) is 55.3 Å². The first-order valence-electron chi connectivity index (χ1n) is 12.6. The van der Waals surface area contributed by atoms with E-state index in [1.165, 1.54) is 7.11 Å². The van der Waals surface area contributed by atoms with Crippen LogP contribution < -0.4 is 0 Å². The lowest BCUT2D eigenvalue weighted by molar-refractivity contribution is -0.326. The van der Waals surface area contributed by atoms with E-state index < -0.39 is 104 Å². The molecule has 0 spiro atoms. The maximum Gasteiger partial charge on any atom is 0.303 e. The largest absolute Gasteiger partial charge is 0.456 e. The van der Waals surface area contributed by atoms with Gasteiger partial charge in [-0.2, -0.15) is 0 Å². The molecule has 0 aromatic heterocycles. The Balaban J connectivity index is 2.46. The van der Waals surface area contributed by atoms with Gasteiger partial charge in [0.2, 0.25) is 0 Å². The summed E-state index contributed by atoms with van der Waals surface area (Å²) in [5.74, 6) is -2.54. The fraction of sp³-hybridized carbons (Fsp3) is 0.692. The molecule has 2 aliphatic rings. The van der Waals surface area contributed by atoms with Gasteiger partial charge in [-0.25, -0.2) is 0 Å². The van der Waals surface area contributed by atoms with Crippen LogP contribution in [0.5, 0.6) is 0 Å². The smallest absolute Gasteiger partial charge is 0.303 e. The molecule has 2 fully saturated rings. The maximum atomic E-state index is 12.0. The van der Waals surface area contributed by atoms with Crippen LogP contribution in [0.4, 0.5) is 0 Å². The van der Waals surface area contributed by atoms with Crippen molar-refractivity contribution >= 4 is 35.8 Å². The van der Waals surface area contributed by atoms with Crippen molar-refractivity contribution in [2.24, 2.45) is 0 Å². The zero-order valence-electron chi connectivity index (χ0n) is 24.1. The highest BCUT2D eigenvalue weighted by molar-refractivity contribution is 5.69. The second kappa shape index (κ2) is 15.4. The molecule has 2 saturated heterocycles. The Morgan fingerprint density at radius 1 is 0.571 bits per heavy atom. The third-order valence-corrected chi connectivity index (χ3v) is 5.72. The molecule has 0 bridgehead atoms. The Morgan fingerprint density at radius 3 is 1.38 bits per heavy atom. The van der Waals surface area contributed by atoms with Crippen molar-refractivity contribution in [3.05, 3.63) is 0 Å². The molecule has 0 aromatic carbocycles. The van der Waals surface area contributed by atoms with E-state index in [0.29, 0.717) is 0 Å². The normalized spacial score (nSPS) is 32.3. The molecule has 0 unspecified atom stereocenters. The minimum atomic E-state index is -1.55. The number of rotatable bonds is 10. The monoisotopic (exact) mass is 602 g/mol. The van der Waals surface area contributed by atoms with Gasteiger partial charge in [-0.05, 0) is 0 Å². The van der Waals surface area contributed by atoms with Crippen molar-refractivity contribution < 1.29 is 76.1 Å². The van der Waals surface area contributed by atoms with Gasteiger partial charge in [-0.15, -0.1) is 6.42 Å². The van der Waals surface area contributed by atoms with E-state index in [2.05, 4.69) is 5.92 Å². The Bertz CT molecular complexity index is 1070. The summed E-state index contributed by atoms with van der Waals surface area (Å²) < 4.78 is 54.6. The molecule has 2 heterocycles. The summed E-state index contributed by atoms with van der Waals surface area (Å²) >= 11 is 0.